The number of hydrogen-bond acceptors (Lipinski definition) is 4. The van der Waals surface area contributed by atoms with Crippen LogP contribution in [0.2, 0.25) is 0 Å². The molecule has 0 bridgehead atoms. The average molecular weight is 271 g/mol. The predicted octanol–water partition coefficient (Wildman–Crippen LogP) is 3.10. The molecule has 1 aromatic rings. The molecule has 1 atom stereocenters. The van der Waals surface area contributed by atoms with Crippen molar-refractivity contribution in [1.82, 2.24) is 0 Å². The van der Waals surface area contributed by atoms with Crippen LogP contribution >= 0.6 is 0 Å². The molecule has 0 N–H and O–H groups in total. The van der Waals surface area contributed by atoms with E-state index in [0.29, 0.717) is 31.6 Å². The maximum atomic E-state index is 10.9. The van der Waals surface area contributed by atoms with Crippen LogP contribution in [0.5, 0.6) is 0 Å². The van der Waals surface area contributed by atoms with Gasteiger partial charge in [0.2, 0.25) is 0 Å². The minimum absolute atomic E-state index is 0.328. The lowest BCUT2D eigenvalue weighted by Gasteiger charge is -2.29. The minimum atomic E-state index is -0.820. The molecule has 1 aliphatic rings. The normalized spacial score (nSPS) is 21.7. The molecule has 0 spiro atoms. The van der Waals surface area contributed by atoms with E-state index in [4.69, 9.17) is 9.47 Å². The largest absolute Gasteiger partial charge is 0.432 e. The lowest BCUT2D eigenvalue weighted by atomic mass is 9.89. The van der Waals surface area contributed by atoms with E-state index in [1.807, 2.05) is 30.3 Å². The third-order valence-corrected chi connectivity index (χ3v) is 3.27. The molecule has 1 aromatic carbocycles. The SMILES string of the molecule is CC(=O)OC1=CCC(C#N)(OCc2ccccc2)CC1. The Morgan fingerprint density at radius 3 is 2.70 bits per heavy atom. The Balaban J connectivity index is 1.97. The van der Waals surface area contributed by atoms with E-state index in [1.54, 1.807) is 6.08 Å². The Bertz CT molecular complexity index is 545. The lowest BCUT2D eigenvalue weighted by molar-refractivity contribution is -0.137. The summed E-state index contributed by atoms with van der Waals surface area (Å²) in [6.07, 6.45) is 3.30. The Morgan fingerprint density at radius 2 is 2.15 bits per heavy atom. The lowest BCUT2D eigenvalue weighted by Crippen LogP contribution is -2.32. The van der Waals surface area contributed by atoms with Crippen LogP contribution in [0.15, 0.2) is 42.2 Å². The van der Waals surface area contributed by atoms with Crippen LogP contribution in [0.1, 0.15) is 31.7 Å². The fraction of sp³-hybridized carbons (Fsp3) is 0.375. The van der Waals surface area contributed by atoms with Gasteiger partial charge in [0.15, 0.2) is 5.60 Å². The second-order valence-electron chi connectivity index (χ2n) is 4.85. The standard InChI is InChI=1S/C16H17NO3/c1-13(18)20-15-7-9-16(12-17,10-8-15)19-11-14-5-3-2-4-6-14/h2-7H,8-11H2,1H3. The second-order valence-corrected chi connectivity index (χ2v) is 4.85. The van der Waals surface area contributed by atoms with Crippen molar-refractivity contribution in [3.8, 4) is 6.07 Å². The molecule has 0 radical (unpaired) electrons. The molecule has 1 unspecified atom stereocenters. The van der Waals surface area contributed by atoms with Crippen LogP contribution in [-0.4, -0.2) is 11.6 Å². The minimum Gasteiger partial charge on any atom is -0.432 e. The number of rotatable bonds is 4. The van der Waals surface area contributed by atoms with Crippen molar-refractivity contribution in [2.45, 2.75) is 38.4 Å². The van der Waals surface area contributed by atoms with Crippen molar-refractivity contribution in [2.75, 3.05) is 0 Å². The van der Waals surface area contributed by atoms with E-state index in [1.165, 1.54) is 6.92 Å². The van der Waals surface area contributed by atoms with Crippen LogP contribution in [0, 0.1) is 11.3 Å². The van der Waals surface area contributed by atoms with Crippen LogP contribution in [0.25, 0.3) is 0 Å². The first-order valence-electron chi connectivity index (χ1n) is 6.60. The van der Waals surface area contributed by atoms with Crippen molar-refractivity contribution in [3.63, 3.8) is 0 Å². The molecular formula is C16H17NO3. The van der Waals surface area contributed by atoms with Gasteiger partial charge in [0.05, 0.1) is 12.7 Å². The fourth-order valence-electron chi connectivity index (χ4n) is 2.15. The number of nitriles is 1. The summed E-state index contributed by atoms with van der Waals surface area (Å²) in [6.45, 7) is 1.78. The van der Waals surface area contributed by atoms with E-state index >= 15 is 0 Å². The molecular weight excluding hydrogens is 254 g/mol. The summed E-state index contributed by atoms with van der Waals surface area (Å²) in [5.41, 5.74) is 0.219. The predicted molar refractivity (Wildman–Crippen MR) is 73.3 cm³/mol. The average Bonchev–Trinajstić information content (AvgIpc) is 2.47. The molecule has 0 aromatic heterocycles. The molecule has 1 aliphatic carbocycles. The number of hydrogen-bond donors (Lipinski definition) is 0. The maximum Gasteiger partial charge on any atom is 0.307 e. The highest BCUT2D eigenvalue weighted by Gasteiger charge is 2.33. The molecule has 0 saturated heterocycles. The van der Waals surface area contributed by atoms with Gasteiger partial charge in [-0.05, 0) is 18.1 Å². The summed E-state index contributed by atoms with van der Waals surface area (Å²) >= 11 is 0. The third-order valence-electron chi connectivity index (χ3n) is 3.27. The van der Waals surface area contributed by atoms with E-state index in [2.05, 4.69) is 6.07 Å². The van der Waals surface area contributed by atoms with Gasteiger partial charge in [-0.3, -0.25) is 4.79 Å². The van der Waals surface area contributed by atoms with Gasteiger partial charge in [0.25, 0.3) is 0 Å². The zero-order valence-electron chi connectivity index (χ0n) is 11.5. The summed E-state index contributed by atoms with van der Waals surface area (Å²) in [4.78, 5) is 10.9. The molecule has 0 aliphatic heterocycles. The van der Waals surface area contributed by atoms with Gasteiger partial charge < -0.3 is 9.47 Å². The number of allylic oxidation sites excluding steroid dienone is 1. The van der Waals surface area contributed by atoms with E-state index < -0.39 is 5.60 Å². The fourth-order valence-corrected chi connectivity index (χ4v) is 2.15. The molecule has 0 saturated carbocycles. The van der Waals surface area contributed by atoms with Crippen LogP contribution in [0.3, 0.4) is 0 Å². The summed E-state index contributed by atoms with van der Waals surface area (Å²) in [6, 6.07) is 12.0. The van der Waals surface area contributed by atoms with Gasteiger partial charge in [-0.15, -0.1) is 0 Å². The highest BCUT2D eigenvalue weighted by Crippen LogP contribution is 2.31. The molecule has 104 valence electrons. The molecule has 2 rings (SSSR count). The van der Waals surface area contributed by atoms with Crippen LogP contribution in [0.4, 0.5) is 0 Å². The van der Waals surface area contributed by atoms with Crippen molar-refractivity contribution in [1.29, 1.82) is 5.26 Å². The highest BCUT2D eigenvalue weighted by atomic mass is 16.5. The second kappa shape index (κ2) is 6.36. The summed E-state index contributed by atoms with van der Waals surface area (Å²) in [5, 5.41) is 9.38. The van der Waals surface area contributed by atoms with Crippen molar-refractivity contribution in [2.24, 2.45) is 0 Å². The summed E-state index contributed by atoms with van der Waals surface area (Å²) in [7, 11) is 0. The summed E-state index contributed by atoms with van der Waals surface area (Å²) < 4.78 is 10.9. The molecule has 0 fully saturated rings. The van der Waals surface area contributed by atoms with Crippen molar-refractivity contribution < 1.29 is 14.3 Å². The van der Waals surface area contributed by atoms with Crippen LogP contribution < -0.4 is 0 Å². The number of esters is 1. The summed E-state index contributed by atoms with van der Waals surface area (Å²) in [5.74, 6) is 0.303. The first-order chi connectivity index (χ1) is 9.63. The number of benzene rings is 1. The smallest absolute Gasteiger partial charge is 0.307 e. The first kappa shape index (κ1) is 14.3. The van der Waals surface area contributed by atoms with E-state index in [-0.39, 0.29) is 5.97 Å². The molecule has 0 amide bonds. The third kappa shape index (κ3) is 3.69. The Labute approximate surface area is 118 Å². The monoisotopic (exact) mass is 271 g/mol. The maximum absolute atomic E-state index is 10.9. The Hall–Kier alpha value is -2.12. The zero-order valence-corrected chi connectivity index (χ0v) is 11.5. The molecule has 20 heavy (non-hydrogen) atoms. The molecule has 4 nitrogen and oxygen atoms in total. The van der Waals surface area contributed by atoms with E-state index in [0.717, 1.165) is 5.56 Å². The van der Waals surface area contributed by atoms with Gasteiger partial charge >= 0.3 is 5.97 Å². The molecule has 0 heterocycles. The number of nitrogens with zero attached hydrogens (tertiary/aromatic N) is 1. The van der Waals surface area contributed by atoms with Crippen molar-refractivity contribution in [3.05, 3.63) is 47.7 Å². The quantitative estimate of drug-likeness (QED) is 0.789. The van der Waals surface area contributed by atoms with Gasteiger partial charge in [0, 0.05) is 19.8 Å². The Kier molecular flexibility index (Phi) is 4.54. The number of carbonyl (C=O) groups excluding carboxylic acids is 1. The topological polar surface area (TPSA) is 59.3 Å². The molecule has 4 heteroatoms. The first-order valence-corrected chi connectivity index (χ1v) is 6.60. The number of ether oxygens (including phenoxy) is 2. The van der Waals surface area contributed by atoms with Gasteiger partial charge in [-0.25, -0.2) is 0 Å². The van der Waals surface area contributed by atoms with Crippen LogP contribution in [-0.2, 0) is 20.9 Å². The van der Waals surface area contributed by atoms with Gasteiger partial charge in [0.1, 0.15) is 5.76 Å². The van der Waals surface area contributed by atoms with Crippen molar-refractivity contribution >= 4 is 5.97 Å². The zero-order chi connectivity index (χ0) is 14.4. The number of carbonyl (C=O) groups is 1. The van der Waals surface area contributed by atoms with Gasteiger partial charge in [-0.2, -0.15) is 5.26 Å². The van der Waals surface area contributed by atoms with Gasteiger partial charge in [-0.1, -0.05) is 30.3 Å². The van der Waals surface area contributed by atoms with E-state index in [9.17, 15) is 10.1 Å². The Morgan fingerprint density at radius 1 is 1.40 bits per heavy atom. The highest BCUT2D eigenvalue weighted by molar-refractivity contribution is 5.67.